The molecule has 0 atom stereocenters. The maximum Gasteiger partial charge on any atom is 0.257 e. The molecule has 0 saturated carbocycles. The van der Waals surface area contributed by atoms with Crippen LogP contribution in [0.3, 0.4) is 0 Å². The first-order valence-corrected chi connectivity index (χ1v) is 7.57. The molecule has 0 aliphatic carbocycles. The van der Waals surface area contributed by atoms with Gasteiger partial charge in [-0.05, 0) is 24.6 Å². The zero-order chi connectivity index (χ0) is 16.2. The molecule has 1 aromatic heterocycles. The summed E-state index contributed by atoms with van der Waals surface area (Å²) < 4.78 is 5.21. The molecule has 0 fully saturated rings. The van der Waals surface area contributed by atoms with E-state index in [-0.39, 0.29) is 5.91 Å². The molecule has 0 aliphatic heterocycles. The molecule has 0 bridgehead atoms. The van der Waals surface area contributed by atoms with Crippen molar-refractivity contribution in [1.82, 2.24) is 10.5 Å². The normalized spacial score (nSPS) is 10.5. The molecule has 1 amide bonds. The second-order valence-electron chi connectivity index (χ2n) is 5.14. The monoisotopic (exact) mass is 326 g/mol. The summed E-state index contributed by atoms with van der Waals surface area (Å²) in [7, 11) is 0. The Balaban J connectivity index is 1.83. The van der Waals surface area contributed by atoms with Gasteiger partial charge in [-0.2, -0.15) is 0 Å². The van der Waals surface area contributed by atoms with Gasteiger partial charge in [0, 0.05) is 17.1 Å². The molecule has 0 spiro atoms. The molecule has 0 aliphatic rings. The number of carbonyl (C=O) groups is 1. The molecule has 1 heterocycles. The van der Waals surface area contributed by atoms with Crippen molar-refractivity contribution in [3.05, 3.63) is 76.5 Å². The van der Waals surface area contributed by atoms with Crippen molar-refractivity contribution in [3.63, 3.8) is 0 Å². The van der Waals surface area contributed by atoms with Crippen molar-refractivity contribution in [3.8, 4) is 11.3 Å². The number of nitrogens with zero attached hydrogens (tertiary/aromatic N) is 1. The fourth-order valence-corrected chi connectivity index (χ4v) is 2.44. The fraction of sp³-hybridized carbons (Fsp3) is 0.111. The lowest BCUT2D eigenvalue weighted by Crippen LogP contribution is -2.23. The highest BCUT2D eigenvalue weighted by Crippen LogP contribution is 2.26. The van der Waals surface area contributed by atoms with Gasteiger partial charge in [0.05, 0.1) is 0 Å². The molecule has 2 aromatic carbocycles. The van der Waals surface area contributed by atoms with Crippen LogP contribution in [0.25, 0.3) is 11.3 Å². The van der Waals surface area contributed by atoms with Crippen LogP contribution in [0.4, 0.5) is 0 Å². The van der Waals surface area contributed by atoms with Crippen molar-refractivity contribution < 1.29 is 9.32 Å². The summed E-state index contributed by atoms with van der Waals surface area (Å²) in [6.45, 7) is 2.17. The molecule has 3 aromatic rings. The minimum Gasteiger partial charge on any atom is -0.360 e. The van der Waals surface area contributed by atoms with Crippen LogP contribution < -0.4 is 5.32 Å². The van der Waals surface area contributed by atoms with Gasteiger partial charge in [0.15, 0.2) is 0 Å². The summed E-state index contributed by atoms with van der Waals surface area (Å²) in [6.07, 6.45) is 0. The molecule has 23 heavy (non-hydrogen) atoms. The highest BCUT2D eigenvalue weighted by atomic mass is 35.5. The minimum atomic E-state index is -0.211. The van der Waals surface area contributed by atoms with Crippen LogP contribution in [-0.4, -0.2) is 11.1 Å². The van der Waals surface area contributed by atoms with E-state index in [0.717, 1.165) is 11.1 Å². The fourth-order valence-electron chi connectivity index (χ4n) is 2.31. The van der Waals surface area contributed by atoms with Crippen LogP contribution in [0, 0.1) is 6.92 Å². The minimum absolute atomic E-state index is 0.211. The number of nitrogens with one attached hydrogen (secondary N) is 1. The first-order valence-electron chi connectivity index (χ1n) is 7.19. The summed E-state index contributed by atoms with van der Waals surface area (Å²) in [6, 6.07) is 16.9. The number of carbonyl (C=O) groups excluding carboxylic acids is 1. The molecule has 1 N–H and O–H groups in total. The van der Waals surface area contributed by atoms with E-state index < -0.39 is 0 Å². The van der Waals surface area contributed by atoms with E-state index in [1.165, 1.54) is 0 Å². The average Bonchev–Trinajstić information content (AvgIpc) is 2.96. The Hall–Kier alpha value is -2.59. The Kier molecular flexibility index (Phi) is 4.44. The van der Waals surface area contributed by atoms with E-state index in [1.807, 2.05) is 42.5 Å². The predicted octanol–water partition coefficient (Wildman–Crippen LogP) is 4.23. The lowest BCUT2D eigenvalue weighted by atomic mass is 10.1. The van der Waals surface area contributed by atoms with Gasteiger partial charge >= 0.3 is 0 Å². The van der Waals surface area contributed by atoms with Crippen LogP contribution in [0.2, 0.25) is 5.02 Å². The SMILES string of the molecule is Cc1onc(-c2ccc(Cl)cc2)c1C(=O)NCc1ccccc1. The Labute approximate surface area is 139 Å². The molecule has 116 valence electrons. The molecule has 3 rings (SSSR count). The zero-order valence-corrected chi connectivity index (χ0v) is 13.3. The Bertz CT molecular complexity index is 811. The van der Waals surface area contributed by atoms with Crippen LogP contribution in [0.5, 0.6) is 0 Å². The summed E-state index contributed by atoms with van der Waals surface area (Å²) in [5.74, 6) is 0.276. The summed E-state index contributed by atoms with van der Waals surface area (Å²) >= 11 is 5.90. The lowest BCUT2D eigenvalue weighted by Gasteiger charge is -2.06. The number of rotatable bonds is 4. The number of aryl methyl sites for hydroxylation is 1. The Morgan fingerprint density at radius 3 is 2.52 bits per heavy atom. The number of halogens is 1. The molecule has 5 heteroatoms. The van der Waals surface area contributed by atoms with Crippen molar-refractivity contribution in [2.24, 2.45) is 0 Å². The van der Waals surface area contributed by atoms with Gasteiger partial charge in [0.2, 0.25) is 0 Å². The molecule has 0 unspecified atom stereocenters. The van der Waals surface area contributed by atoms with Crippen molar-refractivity contribution >= 4 is 17.5 Å². The lowest BCUT2D eigenvalue weighted by molar-refractivity contribution is 0.0950. The predicted molar refractivity (Wildman–Crippen MR) is 89.3 cm³/mol. The number of amides is 1. The number of benzene rings is 2. The molecule has 0 radical (unpaired) electrons. The zero-order valence-electron chi connectivity index (χ0n) is 12.5. The number of aromatic nitrogens is 1. The summed E-state index contributed by atoms with van der Waals surface area (Å²) in [5, 5.41) is 7.54. The third kappa shape index (κ3) is 3.43. The van der Waals surface area contributed by atoms with Gasteiger partial charge in [-0.1, -0.05) is 59.2 Å². The van der Waals surface area contributed by atoms with Gasteiger partial charge < -0.3 is 9.84 Å². The molecular formula is C18H15ClN2O2. The van der Waals surface area contributed by atoms with Gasteiger partial charge in [0.25, 0.3) is 5.91 Å². The van der Waals surface area contributed by atoms with Crippen LogP contribution in [-0.2, 0) is 6.54 Å². The first kappa shape index (κ1) is 15.3. The van der Waals surface area contributed by atoms with Crippen molar-refractivity contribution in [2.75, 3.05) is 0 Å². The smallest absolute Gasteiger partial charge is 0.257 e. The van der Waals surface area contributed by atoms with Crippen molar-refractivity contribution in [2.45, 2.75) is 13.5 Å². The van der Waals surface area contributed by atoms with E-state index in [4.69, 9.17) is 16.1 Å². The van der Waals surface area contributed by atoms with Gasteiger partial charge in [-0.3, -0.25) is 4.79 Å². The standard InChI is InChI=1S/C18H15ClN2O2/c1-12-16(18(22)20-11-13-5-3-2-4-6-13)17(21-23-12)14-7-9-15(19)10-8-14/h2-10H,11H2,1H3,(H,20,22). The largest absolute Gasteiger partial charge is 0.360 e. The highest BCUT2D eigenvalue weighted by molar-refractivity contribution is 6.30. The Morgan fingerprint density at radius 1 is 1.13 bits per heavy atom. The van der Waals surface area contributed by atoms with E-state index in [9.17, 15) is 4.79 Å². The highest BCUT2D eigenvalue weighted by Gasteiger charge is 2.21. The van der Waals surface area contributed by atoms with Crippen LogP contribution >= 0.6 is 11.6 Å². The Morgan fingerprint density at radius 2 is 1.83 bits per heavy atom. The average molecular weight is 327 g/mol. The molecular weight excluding hydrogens is 312 g/mol. The van der Waals surface area contributed by atoms with E-state index >= 15 is 0 Å². The third-order valence-electron chi connectivity index (χ3n) is 3.50. The van der Waals surface area contributed by atoms with E-state index in [0.29, 0.717) is 28.6 Å². The maximum atomic E-state index is 12.5. The number of hydrogen-bond acceptors (Lipinski definition) is 3. The quantitative estimate of drug-likeness (QED) is 0.780. The second kappa shape index (κ2) is 6.67. The summed E-state index contributed by atoms with van der Waals surface area (Å²) in [4.78, 5) is 12.5. The topological polar surface area (TPSA) is 55.1 Å². The van der Waals surface area contributed by atoms with Gasteiger partial charge in [-0.15, -0.1) is 0 Å². The maximum absolute atomic E-state index is 12.5. The summed E-state index contributed by atoms with van der Waals surface area (Å²) in [5.41, 5.74) is 2.78. The molecule has 4 nitrogen and oxygen atoms in total. The molecule has 0 saturated heterocycles. The van der Waals surface area contributed by atoms with Crippen LogP contribution in [0.15, 0.2) is 59.1 Å². The van der Waals surface area contributed by atoms with E-state index in [1.54, 1.807) is 19.1 Å². The third-order valence-corrected chi connectivity index (χ3v) is 3.76. The van der Waals surface area contributed by atoms with Crippen molar-refractivity contribution in [1.29, 1.82) is 0 Å². The van der Waals surface area contributed by atoms with E-state index in [2.05, 4.69) is 10.5 Å². The van der Waals surface area contributed by atoms with Gasteiger partial charge in [-0.25, -0.2) is 0 Å². The number of hydrogen-bond donors (Lipinski definition) is 1. The first-order chi connectivity index (χ1) is 11.1. The second-order valence-corrected chi connectivity index (χ2v) is 5.57. The van der Waals surface area contributed by atoms with Crippen LogP contribution in [0.1, 0.15) is 21.7 Å². The van der Waals surface area contributed by atoms with Gasteiger partial charge in [0.1, 0.15) is 17.0 Å².